The van der Waals surface area contributed by atoms with Crippen molar-refractivity contribution in [3.05, 3.63) is 33.8 Å². The Balaban J connectivity index is 2.46. The number of halogens is 1. The molecule has 0 aliphatic heterocycles. The smallest absolute Gasteiger partial charge is 0.0684 e. The highest BCUT2D eigenvalue weighted by molar-refractivity contribution is 9.10. The third kappa shape index (κ3) is 1.96. The molecule has 82 valence electrons. The molecule has 0 heterocycles. The van der Waals surface area contributed by atoms with Gasteiger partial charge in [0.05, 0.1) is 12.1 Å². The van der Waals surface area contributed by atoms with E-state index in [1.165, 1.54) is 15.6 Å². The summed E-state index contributed by atoms with van der Waals surface area (Å²) in [7, 11) is 1.71. The van der Waals surface area contributed by atoms with Gasteiger partial charge in [-0.3, -0.25) is 0 Å². The second-order valence-corrected chi connectivity index (χ2v) is 5.06. The van der Waals surface area contributed by atoms with E-state index in [9.17, 15) is 0 Å². The highest BCUT2D eigenvalue weighted by atomic mass is 79.9. The molecule has 1 aliphatic rings. The van der Waals surface area contributed by atoms with Crippen LogP contribution in [0.25, 0.3) is 0 Å². The summed E-state index contributed by atoms with van der Waals surface area (Å²) < 4.78 is 6.41. The molecular formula is C12H16BrNO. The third-order valence-corrected chi connectivity index (χ3v) is 3.85. The van der Waals surface area contributed by atoms with Crippen molar-refractivity contribution < 1.29 is 4.74 Å². The molecule has 15 heavy (non-hydrogen) atoms. The number of hydrogen-bond acceptors (Lipinski definition) is 2. The fraction of sp³-hybridized carbons (Fsp3) is 0.500. The second kappa shape index (κ2) is 4.24. The van der Waals surface area contributed by atoms with Gasteiger partial charge in [0.1, 0.15) is 0 Å². The quantitative estimate of drug-likeness (QED) is 0.896. The molecule has 0 saturated carbocycles. The fourth-order valence-electron chi connectivity index (χ4n) is 2.40. The van der Waals surface area contributed by atoms with Crippen LogP contribution in [0.2, 0.25) is 0 Å². The fourth-order valence-corrected chi connectivity index (χ4v) is 2.97. The monoisotopic (exact) mass is 269 g/mol. The summed E-state index contributed by atoms with van der Waals surface area (Å²) in [5, 5.41) is 0. The van der Waals surface area contributed by atoms with Gasteiger partial charge in [-0.2, -0.15) is 0 Å². The SMILES string of the molecule is COCC1(N)CCCc2c(Br)cccc21. The molecule has 0 aromatic heterocycles. The lowest BCUT2D eigenvalue weighted by atomic mass is 9.78. The van der Waals surface area contributed by atoms with Crippen LogP contribution in [0.5, 0.6) is 0 Å². The number of rotatable bonds is 2. The average molecular weight is 270 g/mol. The summed E-state index contributed by atoms with van der Waals surface area (Å²) in [5.41, 5.74) is 8.70. The van der Waals surface area contributed by atoms with Crippen LogP contribution in [-0.4, -0.2) is 13.7 Å². The van der Waals surface area contributed by atoms with E-state index in [2.05, 4.69) is 28.1 Å². The van der Waals surface area contributed by atoms with Gasteiger partial charge in [-0.05, 0) is 36.5 Å². The molecule has 1 atom stereocenters. The Labute approximate surface area is 98.9 Å². The van der Waals surface area contributed by atoms with Gasteiger partial charge in [0.15, 0.2) is 0 Å². The molecule has 2 nitrogen and oxygen atoms in total. The van der Waals surface area contributed by atoms with Gasteiger partial charge in [-0.1, -0.05) is 28.1 Å². The van der Waals surface area contributed by atoms with Crippen LogP contribution in [0.4, 0.5) is 0 Å². The predicted octanol–water partition coefficient (Wildman–Crippen LogP) is 2.59. The Morgan fingerprint density at radius 2 is 2.33 bits per heavy atom. The Hall–Kier alpha value is -0.380. The minimum absolute atomic E-state index is 0.299. The highest BCUT2D eigenvalue weighted by Crippen LogP contribution is 2.36. The number of methoxy groups -OCH3 is 1. The van der Waals surface area contributed by atoms with Crippen LogP contribution in [0, 0.1) is 0 Å². The molecule has 0 bridgehead atoms. The molecular weight excluding hydrogens is 254 g/mol. The maximum atomic E-state index is 6.40. The minimum Gasteiger partial charge on any atom is -0.382 e. The first-order valence-electron chi connectivity index (χ1n) is 5.23. The number of hydrogen-bond donors (Lipinski definition) is 1. The van der Waals surface area contributed by atoms with E-state index in [0.29, 0.717) is 6.61 Å². The first-order valence-corrected chi connectivity index (χ1v) is 6.02. The van der Waals surface area contributed by atoms with Crippen LogP contribution >= 0.6 is 15.9 Å². The maximum Gasteiger partial charge on any atom is 0.0684 e. The highest BCUT2D eigenvalue weighted by Gasteiger charge is 2.33. The molecule has 3 heteroatoms. The first kappa shape index (κ1) is 11.1. The van der Waals surface area contributed by atoms with Crippen LogP contribution in [0.15, 0.2) is 22.7 Å². The topological polar surface area (TPSA) is 35.2 Å². The average Bonchev–Trinajstić information content (AvgIpc) is 2.20. The van der Waals surface area contributed by atoms with Crippen LogP contribution < -0.4 is 5.73 Å². The number of ether oxygens (including phenoxy) is 1. The summed E-state index contributed by atoms with van der Waals surface area (Å²) in [4.78, 5) is 0. The molecule has 0 radical (unpaired) electrons. The molecule has 1 unspecified atom stereocenters. The van der Waals surface area contributed by atoms with Crippen molar-refractivity contribution in [2.24, 2.45) is 5.73 Å². The van der Waals surface area contributed by atoms with Gasteiger partial charge in [0.2, 0.25) is 0 Å². The van der Waals surface area contributed by atoms with E-state index in [1.807, 2.05) is 6.07 Å². The van der Waals surface area contributed by atoms with E-state index in [4.69, 9.17) is 10.5 Å². The van der Waals surface area contributed by atoms with Crippen molar-refractivity contribution in [1.82, 2.24) is 0 Å². The van der Waals surface area contributed by atoms with Crippen LogP contribution in [0.3, 0.4) is 0 Å². The Morgan fingerprint density at radius 3 is 3.07 bits per heavy atom. The minimum atomic E-state index is -0.299. The van der Waals surface area contributed by atoms with E-state index >= 15 is 0 Å². The molecule has 0 fully saturated rings. The second-order valence-electron chi connectivity index (χ2n) is 4.21. The third-order valence-electron chi connectivity index (χ3n) is 3.11. The normalized spacial score (nSPS) is 25.0. The zero-order valence-electron chi connectivity index (χ0n) is 8.92. The Bertz CT molecular complexity index is 367. The lowest BCUT2D eigenvalue weighted by molar-refractivity contribution is 0.121. The summed E-state index contributed by atoms with van der Waals surface area (Å²) in [5.74, 6) is 0. The maximum absolute atomic E-state index is 6.40. The molecule has 0 saturated heterocycles. The summed E-state index contributed by atoms with van der Waals surface area (Å²) in [6, 6.07) is 6.25. The van der Waals surface area contributed by atoms with Gasteiger partial charge in [-0.25, -0.2) is 0 Å². The lowest BCUT2D eigenvalue weighted by Gasteiger charge is -2.35. The van der Waals surface area contributed by atoms with Crippen molar-refractivity contribution >= 4 is 15.9 Å². The van der Waals surface area contributed by atoms with Crippen molar-refractivity contribution in [2.75, 3.05) is 13.7 Å². The molecule has 0 spiro atoms. The molecule has 2 N–H and O–H groups in total. The van der Waals surface area contributed by atoms with Crippen LogP contribution in [0.1, 0.15) is 24.0 Å². The zero-order chi connectivity index (χ0) is 10.9. The molecule has 1 aromatic carbocycles. The molecule has 1 aliphatic carbocycles. The van der Waals surface area contributed by atoms with Crippen molar-refractivity contribution in [3.63, 3.8) is 0 Å². The summed E-state index contributed by atoms with van der Waals surface area (Å²) in [6.45, 7) is 0.594. The number of benzene rings is 1. The Morgan fingerprint density at radius 1 is 1.53 bits per heavy atom. The van der Waals surface area contributed by atoms with Gasteiger partial charge in [-0.15, -0.1) is 0 Å². The van der Waals surface area contributed by atoms with Gasteiger partial charge in [0, 0.05) is 11.6 Å². The van der Waals surface area contributed by atoms with Gasteiger partial charge < -0.3 is 10.5 Å². The Kier molecular flexibility index (Phi) is 3.14. The zero-order valence-corrected chi connectivity index (χ0v) is 10.5. The van der Waals surface area contributed by atoms with Gasteiger partial charge >= 0.3 is 0 Å². The van der Waals surface area contributed by atoms with Crippen LogP contribution in [-0.2, 0) is 16.7 Å². The molecule has 1 aromatic rings. The standard InChI is InChI=1S/C12H16BrNO/c1-15-8-12(14)7-3-4-9-10(12)5-2-6-11(9)13/h2,5-6H,3-4,7-8,14H2,1H3. The van der Waals surface area contributed by atoms with E-state index < -0.39 is 0 Å². The van der Waals surface area contributed by atoms with Crippen molar-refractivity contribution in [1.29, 1.82) is 0 Å². The summed E-state index contributed by atoms with van der Waals surface area (Å²) in [6.07, 6.45) is 3.25. The van der Waals surface area contributed by atoms with E-state index in [-0.39, 0.29) is 5.54 Å². The van der Waals surface area contributed by atoms with E-state index in [1.54, 1.807) is 7.11 Å². The van der Waals surface area contributed by atoms with E-state index in [0.717, 1.165) is 19.3 Å². The predicted molar refractivity (Wildman–Crippen MR) is 64.8 cm³/mol. The number of nitrogens with two attached hydrogens (primary N) is 1. The van der Waals surface area contributed by atoms with Crippen molar-refractivity contribution in [3.8, 4) is 0 Å². The molecule has 0 amide bonds. The molecule has 2 rings (SSSR count). The van der Waals surface area contributed by atoms with Crippen molar-refractivity contribution in [2.45, 2.75) is 24.8 Å². The van der Waals surface area contributed by atoms with Gasteiger partial charge in [0.25, 0.3) is 0 Å². The number of fused-ring (bicyclic) bond motifs is 1. The summed E-state index contributed by atoms with van der Waals surface area (Å²) >= 11 is 3.59. The first-order chi connectivity index (χ1) is 7.17. The lowest BCUT2D eigenvalue weighted by Crippen LogP contribution is -2.44. The largest absolute Gasteiger partial charge is 0.382 e.